The first-order valence-corrected chi connectivity index (χ1v) is 6.73. The molecule has 1 aromatic carbocycles. The smallest absolute Gasteiger partial charge is 0.172 e. The predicted octanol–water partition coefficient (Wildman–Crippen LogP) is 2.93. The molecule has 0 atom stereocenters. The molecule has 3 aromatic rings. The third kappa shape index (κ3) is 2.50. The summed E-state index contributed by atoms with van der Waals surface area (Å²) in [5.74, 6) is 0.783. The van der Waals surface area contributed by atoms with Crippen LogP contribution in [0.15, 0.2) is 46.7 Å². The lowest BCUT2D eigenvalue weighted by molar-refractivity contribution is 0.112. The maximum atomic E-state index is 10.6. The van der Waals surface area contributed by atoms with Gasteiger partial charge in [0, 0.05) is 17.8 Å². The molecule has 0 aliphatic carbocycles. The van der Waals surface area contributed by atoms with Crippen LogP contribution in [-0.4, -0.2) is 28.3 Å². The second-order valence-electron chi connectivity index (χ2n) is 4.07. The van der Waals surface area contributed by atoms with Crippen molar-refractivity contribution in [2.24, 2.45) is 0 Å². The van der Waals surface area contributed by atoms with Gasteiger partial charge in [0.05, 0.1) is 18.1 Å². The van der Waals surface area contributed by atoms with Crippen LogP contribution in [0.3, 0.4) is 0 Å². The summed E-state index contributed by atoms with van der Waals surface area (Å²) in [6.07, 6.45) is 2.32. The summed E-state index contributed by atoms with van der Waals surface area (Å²) < 4.78 is 5.18. The molecule has 2 heterocycles. The van der Waals surface area contributed by atoms with Crippen LogP contribution in [0.5, 0.6) is 5.75 Å². The number of nitrogens with one attached hydrogen (secondary N) is 1. The van der Waals surface area contributed by atoms with E-state index in [1.807, 2.05) is 18.2 Å². The van der Waals surface area contributed by atoms with Gasteiger partial charge in [0.15, 0.2) is 11.4 Å². The van der Waals surface area contributed by atoms with Gasteiger partial charge in [-0.05, 0) is 36.0 Å². The van der Waals surface area contributed by atoms with Crippen molar-refractivity contribution in [3.05, 3.63) is 42.1 Å². The number of ether oxygens (including phenoxy) is 1. The second kappa shape index (κ2) is 5.34. The number of aromatic nitrogens is 3. The van der Waals surface area contributed by atoms with Gasteiger partial charge in [-0.2, -0.15) is 0 Å². The Kier molecular flexibility index (Phi) is 3.39. The first kappa shape index (κ1) is 12.7. The van der Waals surface area contributed by atoms with Crippen LogP contribution in [0.25, 0.3) is 11.0 Å². The van der Waals surface area contributed by atoms with Crippen LogP contribution >= 0.6 is 11.8 Å². The molecule has 0 aliphatic heterocycles. The van der Waals surface area contributed by atoms with E-state index in [-0.39, 0.29) is 0 Å². The Hall–Kier alpha value is -2.34. The Labute approximate surface area is 119 Å². The number of fused-ring (bicyclic) bond motifs is 1. The molecule has 1 N–H and O–H groups in total. The number of methoxy groups -OCH3 is 1. The van der Waals surface area contributed by atoms with Crippen LogP contribution < -0.4 is 4.74 Å². The number of imidazole rings is 1. The van der Waals surface area contributed by atoms with Crippen molar-refractivity contribution in [3.63, 3.8) is 0 Å². The molecule has 100 valence electrons. The van der Waals surface area contributed by atoms with E-state index < -0.39 is 0 Å². The fraction of sp³-hybridized carbons (Fsp3) is 0.0714. The maximum Gasteiger partial charge on any atom is 0.172 e. The molecule has 0 radical (unpaired) electrons. The minimum atomic E-state index is 0.559. The summed E-state index contributed by atoms with van der Waals surface area (Å²) >= 11 is 1.41. The highest BCUT2D eigenvalue weighted by Crippen LogP contribution is 2.27. The summed E-state index contributed by atoms with van der Waals surface area (Å²) in [7, 11) is 1.63. The Morgan fingerprint density at radius 1 is 1.30 bits per heavy atom. The zero-order valence-corrected chi connectivity index (χ0v) is 11.5. The van der Waals surface area contributed by atoms with Gasteiger partial charge in [-0.25, -0.2) is 9.97 Å². The topological polar surface area (TPSA) is 67.9 Å². The van der Waals surface area contributed by atoms with Crippen molar-refractivity contribution < 1.29 is 9.53 Å². The summed E-state index contributed by atoms with van der Waals surface area (Å²) in [6.45, 7) is 0. The first-order chi connectivity index (χ1) is 9.78. The summed E-state index contributed by atoms with van der Waals surface area (Å²) in [5.41, 5.74) is 2.35. The monoisotopic (exact) mass is 285 g/mol. The molecule has 0 bridgehead atoms. The molecule has 0 spiro atoms. The number of carbonyl (C=O) groups excluding carboxylic acids is 1. The van der Waals surface area contributed by atoms with E-state index >= 15 is 0 Å². The standard InChI is InChI=1S/C14H11N3O2S/c1-19-10-3-4-11-12(6-10)17-14(16-11)20-13-5-2-9(8-18)7-15-13/h2-8H,1H3,(H,16,17). The van der Waals surface area contributed by atoms with Gasteiger partial charge < -0.3 is 9.72 Å². The van der Waals surface area contributed by atoms with Crippen LogP contribution in [0.1, 0.15) is 10.4 Å². The SMILES string of the molecule is COc1ccc2nc(Sc3ccc(C=O)cn3)[nH]c2c1. The van der Waals surface area contributed by atoms with Crippen LogP contribution in [0.4, 0.5) is 0 Å². The number of pyridine rings is 1. The van der Waals surface area contributed by atoms with Crippen LogP contribution in [-0.2, 0) is 0 Å². The molecule has 0 saturated heterocycles. The minimum absolute atomic E-state index is 0.559. The zero-order chi connectivity index (χ0) is 13.9. The molecular formula is C14H11N3O2S. The lowest BCUT2D eigenvalue weighted by atomic mass is 10.3. The Morgan fingerprint density at radius 3 is 2.90 bits per heavy atom. The molecular weight excluding hydrogens is 274 g/mol. The number of H-pyrrole nitrogens is 1. The number of rotatable bonds is 4. The highest BCUT2D eigenvalue weighted by atomic mass is 32.2. The van der Waals surface area contributed by atoms with E-state index in [1.54, 1.807) is 25.4 Å². The number of aldehydes is 1. The Morgan fingerprint density at radius 2 is 2.20 bits per heavy atom. The van der Waals surface area contributed by atoms with Crippen molar-refractivity contribution in [2.45, 2.75) is 10.2 Å². The van der Waals surface area contributed by atoms with E-state index in [0.29, 0.717) is 5.56 Å². The molecule has 2 aromatic heterocycles. The largest absolute Gasteiger partial charge is 0.497 e. The number of benzene rings is 1. The summed E-state index contributed by atoms with van der Waals surface area (Å²) in [6, 6.07) is 9.19. The fourth-order valence-electron chi connectivity index (χ4n) is 1.76. The van der Waals surface area contributed by atoms with E-state index in [2.05, 4.69) is 15.0 Å². The van der Waals surface area contributed by atoms with Gasteiger partial charge in [0.25, 0.3) is 0 Å². The van der Waals surface area contributed by atoms with E-state index in [1.165, 1.54) is 11.8 Å². The summed E-state index contributed by atoms with van der Waals surface area (Å²) in [5, 5.41) is 1.53. The Bertz CT molecular complexity index is 753. The maximum absolute atomic E-state index is 10.6. The number of hydrogen-bond donors (Lipinski definition) is 1. The average Bonchev–Trinajstić information content (AvgIpc) is 2.89. The van der Waals surface area contributed by atoms with Gasteiger partial charge >= 0.3 is 0 Å². The Balaban J connectivity index is 1.87. The van der Waals surface area contributed by atoms with E-state index in [9.17, 15) is 4.79 Å². The number of carbonyl (C=O) groups is 1. The molecule has 0 unspecified atom stereocenters. The molecule has 0 fully saturated rings. The van der Waals surface area contributed by atoms with Crippen molar-refractivity contribution in [3.8, 4) is 5.75 Å². The third-order valence-corrected chi connectivity index (χ3v) is 3.60. The van der Waals surface area contributed by atoms with Crippen LogP contribution in [0.2, 0.25) is 0 Å². The molecule has 0 aliphatic rings. The zero-order valence-electron chi connectivity index (χ0n) is 10.7. The summed E-state index contributed by atoms with van der Waals surface area (Å²) in [4.78, 5) is 22.5. The quantitative estimate of drug-likeness (QED) is 0.746. The molecule has 3 rings (SSSR count). The molecule has 6 heteroatoms. The number of hydrogen-bond acceptors (Lipinski definition) is 5. The van der Waals surface area contributed by atoms with Crippen molar-refractivity contribution in [1.82, 2.24) is 15.0 Å². The lowest BCUT2D eigenvalue weighted by Gasteiger charge is -1.97. The second-order valence-corrected chi connectivity index (χ2v) is 5.08. The van der Waals surface area contributed by atoms with E-state index in [4.69, 9.17) is 4.74 Å². The molecule has 0 saturated carbocycles. The van der Waals surface area contributed by atoms with E-state index in [0.717, 1.165) is 33.3 Å². The first-order valence-electron chi connectivity index (χ1n) is 5.91. The molecule has 20 heavy (non-hydrogen) atoms. The van der Waals surface area contributed by atoms with Gasteiger partial charge in [0.1, 0.15) is 10.8 Å². The van der Waals surface area contributed by atoms with Gasteiger partial charge in [0.2, 0.25) is 0 Å². The minimum Gasteiger partial charge on any atom is -0.497 e. The average molecular weight is 285 g/mol. The molecule has 5 nitrogen and oxygen atoms in total. The number of aromatic amines is 1. The molecule has 0 amide bonds. The van der Waals surface area contributed by atoms with Gasteiger partial charge in [-0.1, -0.05) is 0 Å². The van der Waals surface area contributed by atoms with Crippen molar-refractivity contribution in [1.29, 1.82) is 0 Å². The highest BCUT2D eigenvalue weighted by molar-refractivity contribution is 7.99. The number of nitrogens with zero attached hydrogens (tertiary/aromatic N) is 2. The van der Waals surface area contributed by atoms with Crippen molar-refractivity contribution >= 4 is 29.1 Å². The van der Waals surface area contributed by atoms with Gasteiger partial charge in [-0.15, -0.1) is 0 Å². The van der Waals surface area contributed by atoms with Crippen molar-refractivity contribution in [2.75, 3.05) is 7.11 Å². The van der Waals surface area contributed by atoms with Gasteiger partial charge in [-0.3, -0.25) is 4.79 Å². The lowest BCUT2D eigenvalue weighted by Crippen LogP contribution is -1.84. The van der Waals surface area contributed by atoms with Crippen LogP contribution in [0, 0.1) is 0 Å². The highest BCUT2D eigenvalue weighted by Gasteiger charge is 2.06. The normalized spacial score (nSPS) is 10.7. The third-order valence-electron chi connectivity index (χ3n) is 2.76. The fourth-order valence-corrected chi connectivity index (χ4v) is 2.51. The predicted molar refractivity (Wildman–Crippen MR) is 76.4 cm³/mol.